The van der Waals surface area contributed by atoms with Crippen LogP contribution in [-0.2, 0) is 13.6 Å². The standard InChI is InChI=1S/C17H25N3O2/c1-12-15(13(2)19(3)18-12)11-20-8-4-6-14(20)10-16(21)17-7-5-9-22-17/h5,7,9,14,16,21H,4,6,8,10-11H2,1-3H3. The molecule has 3 heterocycles. The summed E-state index contributed by atoms with van der Waals surface area (Å²) in [6, 6.07) is 4.08. The van der Waals surface area contributed by atoms with Crippen LogP contribution >= 0.6 is 0 Å². The molecule has 1 fully saturated rings. The van der Waals surface area contributed by atoms with Gasteiger partial charge in [-0.2, -0.15) is 5.10 Å². The van der Waals surface area contributed by atoms with Gasteiger partial charge in [0.2, 0.25) is 0 Å². The minimum atomic E-state index is -0.517. The molecule has 0 bridgehead atoms. The molecule has 3 rings (SSSR count). The fourth-order valence-corrected chi connectivity index (χ4v) is 3.47. The van der Waals surface area contributed by atoms with Crippen LogP contribution in [0.25, 0.3) is 0 Å². The predicted octanol–water partition coefficient (Wildman–Crippen LogP) is 2.72. The summed E-state index contributed by atoms with van der Waals surface area (Å²) in [5.74, 6) is 0.667. The number of aliphatic hydroxyl groups is 1. The molecule has 1 aliphatic heterocycles. The topological polar surface area (TPSA) is 54.4 Å². The van der Waals surface area contributed by atoms with Crippen molar-refractivity contribution in [3.63, 3.8) is 0 Å². The van der Waals surface area contributed by atoms with Gasteiger partial charge in [-0.25, -0.2) is 0 Å². The zero-order chi connectivity index (χ0) is 15.7. The Labute approximate surface area is 131 Å². The van der Waals surface area contributed by atoms with Crippen LogP contribution in [-0.4, -0.2) is 32.4 Å². The summed E-state index contributed by atoms with van der Waals surface area (Å²) in [6.07, 6.45) is 4.15. The number of nitrogens with zero attached hydrogens (tertiary/aromatic N) is 3. The molecule has 0 spiro atoms. The van der Waals surface area contributed by atoms with Gasteiger partial charge in [0.05, 0.1) is 12.0 Å². The summed E-state index contributed by atoms with van der Waals surface area (Å²) in [5, 5.41) is 14.8. The second kappa shape index (κ2) is 6.26. The van der Waals surface area contributed by atoms with Gasteiger partial charge in [-0.1, -0.05) is 0 Å². The first-order chi connectivity index (χ1) is 10.6. The molecule has 22 heavy (non-hydrogen) atoms. The Balaban J connectivity index is 1.68. The Kier molecular flexibility index (Phi) is 4.36. The fourth-order valence-electron chi connectivity index (χ4n) is 3.47. The maximum Gasteiger partial charge on any atom is 0.132 e. The van der Waals surface area contributed by atoms with E-state index in [1.165, 1.54) is 17.7 Å². The largest absolute Gasteiger partial charge is 0.467 e. The molecule has 1 saturated heterocycles. The SMILES string of the molecule is Cc1nn(C)c(C)c1CN1CCCC1CC(O)c1ccco1. The minimum Gasteiger partial charge on any atom is -0.467 e. The third-order valence-electron chi connectivity index (χ3n) is 4.89. The number of aryl methyl sites for hydroxylation is 2. The third-order valence-corrected chi connectivity index (χ3v) is 4.89. The molecule has 5 nitrogen and oxygen atoms in total. The van der Waals surface area contributed by atoms with E-state index in [0.717, 1.165) is 31.6 Å². The van der Waals surface area contributed by atoms with Crippen LogP contribution in [0.5, 0.6) is 0 Å². The van der Waals surface area contributed by atoms with Crippen molar-refractivity contribution < 1.29 is 9.52 Å². The van der Waals surface area contributed by atoms with E-state index in [1.54, 1.807) is 6.26 Å². The Bertz CT molecular complexity index is 618. The van der Waals surface area contributed by atoms with Crippen molar-refractivity contribution in [1.82, 2.24) is 14.7 Å². The number of aliphatic hydroxyl groups excluding tert-OH is 1. The number of rotatable bonds is 5. The van der Waals surface area contributed by atoms with Crippen molar-refractivity contribution in [3.8, 4) is 0 Å². The van der Waals surface area contributed by atoms with Gasteiger partial charge < -0.3 is 9.52 Å². The highest BCUT2D eigenvalue weighted by atomic mass is 16.4. The van der Waals surface area contributed by atoms with Crippen LogP contribution in [0, 0.1) is 13.8 Å². The van der Waals surface area contributed by atoms with Crippen LogP contribution in [0.2, 0.25) is 0 Å². The molecule has 1 aliphatic rings. The molecular weight excluding hydrogens is 278 g/mol. The van der Waals surface area contributed by atoms with Gasteiger partial charge in [-0.05, 0) is 51.8 Å². The lowest BCUT2D eigenvalue weighted by atomic mass is 10.0. The first kappa shape index (κ1) is 15.3. The molecule has 2 atom stereocenters. The summed E-state index contributed by atoms with van der Waals surface area (Å²) < 4.78 is 7.27. The highest BCUT2D eigenvalue weighted by Crippen LogP contribution is 2.29. The quantitative estimate of drug-likeness (QED) is 0.923. The average Bonchev–Trinajstić information content (AvgIpc) is 3.19. The van der Waals surface area contributed by atoms with Gasteiger partial charge in [0.1, 0.15) is 11.9 Å². The van der Waals surface area contributed by atoms with E-state index in [2.05, 4.69) is 23.8 Å². The number of furan rings is 1. The highest BCUT2D eigenvalue weighted by molar-refractivity contribution is 5.24. The number of likely N-dealkylation sites (tertiary alicyclic amines) is 1. The Hall–Kier alpha value is -1.59. The van der Waals surface area contributed by atoms with Gasteiger partial charge in [0.15, 0.2) is 0 Å². The van der Waals surface area contributed by atoms with Gasteiger partial charge in [0.25, 0.3) is 0 Å². The first-order valence-electron chi connectivity index (χ1n) is 8.01. The van der Waals surface area contributed by atoms with Crippen molar-refractivity contribution in [2.45, 2.75) is 51.8 Å². The first-order valence-corrected chi connectivity index (χ1v) is 8.01. The van der Waals surface area contributed by atoms with E-state index in [0.29, 0.717) is 11.8 Å². The molecule has 5 heteroatoms. The number of aromatic nitrogens is 2. The van der Waals surface area contributed by atoms with E-state index >= 15 is 0 Å². The summed E-state index contributed by atoms with van der Waals surface area (Å²) in [4.78, 5) is 2.48. The molecule has 2 aromatic rings. The molecule has 2 aromatic heterocycles. The summed E-state index contributed by atoms with van der Waals surface area (Å²) >= 11 is 0. The maximum atomic E-state index is 10.3. The van der Waals surface area contributed by atoms with Crippen molar-refractivity contribution >= 4 is 0 Å². The van der Waals surface area contributed by atoms with Crippen LogP contribution in [0.1, 0.15) is 48.1 Å². The predicted molar refractivity (Wildman–Crippen MR) is 84.4 cm³/mol. The van der Waals surface area contributed by atoms with Crippen molar-refractivity contribution in [2.75, 3.05) is 6.54 Å². The lowest BCUT2D eigenvalue weighted by molar-refractivity contribution is 0.0994. The van der Waals surface area contributed by atoms with Crippen molar-refractivity contribution in [2.24, 2.45) is 7.05 Å². The fraction of sp³-hybridized carbons (Fsp3) is 0.588. The second-order valence-corrected chi connectivity index (χ2v) is 6.31. The van der Waals surface area contributed by atoms with E-state index in [-0.39, 0.29) is 0 Å². The Morgan fingerprint density at radius 1 is 1.45 bits per heavy atom. The van der Waals surface area contributed by atoms with E-state index in [4.69, 9.17) is 4.42 Å². The van der Waals surface area contributed by atoms with Crippen molar-refractivity contribution in [3.05, 3.63) is 41.1 Å². The molecule has 0 aliphatic carbocycles. The molecule has 0 amide bonds. The lowest BCUT2D eigenvalue weighted by Crippen LogP contribution is -2.30. The molecule has 1 N–H and O–H groups in total. The maximum absolute atomic E-state index is 10.3. The van der Waals surface area contributed by atoms with Crippen LogP contribution in [0.15, 0.2) is 22.8 Å². The summed E-state index contributed by atoms with van der Waals surface area (Å²) in [6.45, 7) is 6.20. The molecule has 0 radical (unpaired) electrons. The molecule has 0 aromatic carbocycles. The highest BCUT2D eigenvalue weighted by Gasteiger charge is 2.29. The lowest BCUT2D eigenvalue weighted by Gasteiger charge is -2.26. The zero-order valence-corrected chi connectivity index (χ0v) is 13.6. The van der Waals surface area contributed by atoms with E-state index in [9.17, 15) is 5.11 Å². The molecular formula is C17H25N3O2. The zero-order valence-electron chi connectivity index (χ0n) is 13.6. The van der Waals surface area contributed by atoms with Gasteiger partial charge in [0, 0.05) is 30.9 Å². The number of hydrogen-bond donors (Lipinski definition) is 1. The Morgan fingerprint density at radius 3 is 2.91 bits per heavy atom. The summed E-state index contributed by atoms with van der Waals surface area (Å²) in [7, 11) is 1.99. The van der Waals surface area contributed by atoms with Crippen LogP contribution in [0.3, 0.4) is 0 Å². The normalized spacial score (nSPS) is 20.6. The Morgan fingerprint density at radius 2 is 2.27 bits per heavy atom. The molecule has 120 valence electrons. The smallest absolute Gasteiger partial charge is 0.132 e. The summed E-state index contributed by atoms with van der Waals surface area (Å²) in [5.41, 5.74) is 3.66. The average molecular weight is 303 g/mol. The molecule has 2 unspecified atom stereocenters. The minimum absolute atomic E-state index is 0.402. The van der Waals surface area contributed by atoms with Gasteiger partial charge in [-0.3, -0.25) is 9.58 Å². The van der Waals surface area contributed by atoms with Crippen LogP contribution in [0.4, 0.5) is 0 Å². The second-order valence-electron chi connectivity index (χ2n) is 6.31. The monoisotopic (exact) mass is 303 g/mol. The van der Waals surface area contributed by atoms with Gasteiger partial charge in [-0.15, -0.1) is 0 Å². The van der Waals surface area contributed by atoms with Crippen LogP contribution < -0.4 is 0 Å². The number of hydrogen-bond acceptors (Lipinski definition) is 4. The van der Waals surface area contributed by atoms with E-state index in [1.807, 2.05) is 23.9 Å². The van der Waals surface area contributed by atoms with Crippen molar-refractivity contribution in [1.29, 1.82) is 0 Å². The van der Waals surface area contributed by atoms with E-state index < -0.39 is 6.10 Å². The van der Waals surface area contributed by atoms with Gasteiger partial charge >= 0.3 is 0 Å². The third kappa shape index (κ3) is 2.96. The molecule has 0 saturated carbocycles.